The summed E-state index contributed by atoms with van der Waals surface area (Å²) in [4.78, 5) is 11.1. The Kier molecular flexibility index (Phi) is 3.16. The fourth-order valence-electron chi connectivity index (χ4n) is 3.00. The summed E-state index contributed by atoms with van der Waals surface area (Å²) in [5.74, 6) is -0.202. The van der Waals surface area contributed by atoms with Gasteiger partial charge in [0.15, 0.2) is 0 Å². The van der Waals surface area contributed by atoms with Crippen LogP contribution >= 0.6 is 0 Å². The van der Waals surface area contributed by atoms with Crippen LogP contribution in [-0.2, 0) is 17.6 Å². The fourth-order valence-corrected chi connectivity index (χ4v) is 3.00. The summed E-state index contributed by atoms with van der Waals surface area (Å²) in [6.45, 7) is 0. The molecule has 4 N–H and O–H groups in total. The Morgan fingerprint density at radius 2 is 1.94 bits per heavy atom. The number of benzene rings is 1. The molecule has 3 rings (SSSR count). The van der Waals surface area contributed by atoms with Crippen LogP contribution in [0.3, 0.4) is 0 Å². The van der Waals surface area contributed by atoms with Crippen molar-refractivity contribution in [3.05, 3.63) is 34.9 Å². The second-order valence-corrected chi connectivity index (χ2v) is 5.24. The maximum atomic E-state index is 11.1. The molecule has 1 aliphatic heterocycles. The molecule has 0 aromatic heterocycles. The molecule has 1 saturated heterocycles. The molecule has 1 aliphatic carbocycles. The predicted molar refractivity (Wildman–Crippen MR) is 69.6 cm³/mol. The van der Waals surface area contributed by atoms with Gasteiger partial charge in [0.1, 0.15) is 6.29 Å². The molecule has 3 unspecified atom stereocenters. The van der Waals surface area contributed by atoms with Crippen molar-refractivity contribution in [3.63, 3.8) is 0 Å². The zero-order valence-corrected chi connectivity index (χ0v) is 10.4. The van der Waals surface area contributed by atoms with Crippen LogP contribution in [0.15, 0.2) is 18.2 Å². The van der Waals surface area contributed by atoms with Crippen molar-refractivity contribution in [2.24, 2.45) is 11.7 Å². The molecule has 1 aromatic carbocycles. The maximum Gasteiger partial charge on any atom is 0.127 e. The van der Waals surface area contributed by atoms with Crippen LogP contribution in [-0.4, -0.2) is 12.5 Å². The summed E-state index contributed by atoms with van der Waals surface area (Å²) in [6, 6.07) is 6.56. The number of aldehydes is 1. The number of carbonyl (C=O) groups is 1. The quantitative estimate of drug-likeness (QED) is 0.675. The van der Waals surface area contributed by atoms with Gasteiger partial charge >= 0.3 is 0 Å². The topological polar surface area (TPSA) is 67.2 Å². The molecule has 1 aromatic rings. The number of carbonyl (C=O) groups excluding carboxylic acids is 1. The molecular formula is C14H19N3O. The van der Waals surface area contributed by atoms with E-state index < -0.39 is 0 Å². The largest absolute Gasteiger partial charge is 0.314 e. The van der Waals surface area contributed by atoms with Crippen LogP contribution in [0.25, 0.3) is 0 Å². The molecule has 1 fully saturated rings. The second-order valence-electron chi connectivity index (χ2n) is 5.24. The van der Waals surface area contributed by atoms with E-state index in [1.54, 1.807) is 0 Å². The van der Waals surface area contributed by atoms with E-state index in [0.717, 1.165) is 18.3 Å². The van der Waals surface area contributed by atoms with Crippen LogP contribution in [0.1, 0.15) is 35.6 Å². The van der Waals surface area contributed by atoms with Crippen molar-refractivity contribution >= 4 is 6.29 Å². The Bertz CT molecular complexity index is 460. The first-order chi connectivity index (χ1) is 8.79. The van der Waals surface area contributed by atoms with Crippen LogP contribution in [0, 0.1) is 5.92 Å². The molecule has 4 nitrogen and oxygen atoms in total. The van der Waals surface area contributed by atoms with Crippen LogP contribution < -0.4 is 16.6 Å². The molecule has 0 bridgehead atoms. The molecule has 2 aliphatic rings. The number of rotatable bonds is 2. The van der Waals surface area contributed by atoms with Gasteiger partial charge < -0.3 is 10.5 Å². The van der Waals surface area contributed by atoms with Gasteiger partial charge in [-0.15, -0.1) is 0 Å². The lowest BCUT2D eigenvalue weighted by atomic mass is 9.87. The molecule has 0 amide bonds. The molecule has 18 heavy (non-hydrogen) atoms. The number of aryl methyl sites for hydroxylation is 2. The van der Waals surface area contributed by atoms with E-state index in [9.17, 15) is 4.79 Å². The Hall–Kier alpha value is -1.23. The standard InChI is InChI=1S/C14H19N3O/c15-14-12(8-18)13(16-17-14)11-6-5-9-3-1-2-4-10(9)7-11/h5-8,12-14,16-17H,1-4,15H2. The van der Waals surface area contributed by atoms with Crippen molar-refractivity contribution < 1.29 is 4.79 Å². The van der Waals surface area contributed by atoms with Crippen molar-refractivity contribution in [1.29, 1.82) is 0 Å². The smallest absolute Gasteiger partial charge is 0.127 e. The number of hydrazine groups is 1. The molecule has 1 heterocycles. The summed E-state index contributed by atoms with van der Waals surface area (Å²) < 4.78 is 0. The molecule has 3 atom stereocenters. The summed E-state index contributed by atoms with van der Waals surface area (Å²) in [6.07, 6.45) is 5.54. The molecule has 4 heteroatoms. The first kappa shape index (κ1) is 11.8. The highest BCUT2D eigenvalue weighted by Crippen LogP contribution is 2.29. The van der Waals surface area contributed by atoms with Crippen molar-refractivity contribution in [3.8, 4) is 0 Å². The average Bonchev–Trinajstić information content (AvgIpc) is 2.79. The third kappa shape index (κ3) is 1.96. The molecule has 96 valence electrons. The van der Waals surface area contributed by atoms with Gasteiger partial charge in [-0.2, -0.15) is 0 Å². The predicted octanol–water partition coefficient (Wildman–Crippen LogP) is 0.814. The fraction of sp³-hybridized carbons (Fsp3) is 0.500. The van der Waals surface area contributed by atoms with Crippen molar-refractivity contribution in [1.82, 2.24) is 10.9 Å². The van der Waals surface area contributed by atoms with Crippen LogP contribution in [0.2, 0.25) is 0 Å². The van der Waals surface area contributed by atoms with Gasteiger partial charge in [0.05, 0.1) is 18.1 Å². The SMILES string of the molecule is NC1NNC(c2ccc3c(c2)CCCC3)C1C=O. The summed E-state index contributed by atoms with van der Waals surface area (Å²) in [5, 5.41) is 0. The van der Waals surface area contributed by atoms with Crippen molar-refractivity contribution in [2.45, 2.75) is 37.9 Å². The van der Waals surface area contributed by atoms with E-state index >= 15 is 0 Å². The zero-order valence-electron chi connectivity index (χ0n) is 10.4. The normalized spacial score (nSPS) is 31.1. The van der Waals surface area contributed by atoms with Crippen molar-refractivity contribution in [2.75, 3.05) is 0 Å². The summed E-state index contributed by atoms with van der Waals surface area (Å²) in [7, 11) is 0. The number of nitrogens with two attached hydrogens (primary N) is 1. The Morgan fingerprint density at radius 1 is 1.17 bits per heavy atom. The van der Waals surface area contributed by atoms with Gasteiger partial charge in [0.25, 0.3) is 0 Å². The maximum absolute atomic E-state index is 11.1. The molecular weight excluding hydrogens is 226 g/mol. The zero-order chi connectivity index (χ0) is 12.5. The second kappa shape index (κ2) is 4.80. The summed E-state index contributed by atoms with van der Waals surface area (Å²) >= 11 is 0. The molecule has 0 radical (unpaired) electrons. The lowest BCUT2D eigenvalue weighted by Crippen LogP contribution is -2.39. The number of nitrogens with one attached hydrogen (secondary N) is 2. The van der Waals surface area contributed by atoms with E-state index in [-0.39, 0.29) is 18.1 Å². The monoisotopic (exact) mass is 245 g/mol. The summed E-state index contributed by atoms with van der Waals surface area (Å²) in [5.41, 5.74) is 16.0. The Labute approximate surface area is 107 Å². The molecule has 0 spiro atoms. The Balaban J connectivity index is 1.90. The van der Waals surface area contributed by atoms with E-state index in [1.807, 2.05) is 0 Å². The van der Waals surface area contributed by atoms with Gasteiger partial charge in [0.2, 0.25) is 0 Å². The Morgan fingerprint density at radius 3 is 2.72 bits per heavy atom. The van der Waals surface area contributed by atoms with Gasteiger partial charge in [-0.3, -0.25) is 0 Å². The van der Waals surface area contributed by atoms with Gasteiger partial charge in [-0.25, -0.2) is 10.9 Å². The van der Waals surface area contributed by atoms with E-state index in [4.69, 9.17) is 5.73 Å². The van der Waals surface area contributed by atoms with Crippen LogP contribution in [0.5, 0.6) is 0 Å². The van der Waals surface area contributed by atoms with Gasteiger partial charge in [-0.1, -0.05) is 18.2 Å². The minimum atomic E-state index is -0.302. The first-order valence-corrected chi connectivity index (χ1v) is 6.63. The third-order valence-corrected chi connectivity index (χ3v) is 4.09. The van der Waals surface area contributed by atoms with E-state index in [1.165, 1.54) is 30.4 Å². The lowest BCUT2D eigenvalue weighted by molar-refractivity contribution is -0.111. The number of hydrogen-bond donors (Lipinski definition) is 3. The van der Waals surface area contributed by atoms with E-state index in [2.05, 4.69) is 29.1 Å². The van der Waals surface area contributed by atoms with Crippen LogP contribution in [0.4, 0.5) is 0 Å². The number of hydrogen-bond acceptors (Lipinski definition) is 4. The average molecular weight is 245 g/mol. The highest BCUT2D eigenvalue weighted by Gasteiger charge is 2.34. The first-order valence-electron chi connectivity index (χ1n) is 6.63. The highest BCUT2D eigenvalue weighted by atomic mass is 16.1. The minimum Gasteiger partial charge on any atom is -0.314 e. The van der Waals surface area contributed by atoms with Gasteiger partial charge in [0, 0.05) is 0 Å². The highest BCUT2D eigenvalue weighted by molar-refractivity contribution is 5.58. The third-order valence-electron chi connectivity index (χ3n) is 4.09. The minimum absolute atomic E-state index is 0.00951. The lowest BCUT2D eigenvalue weighted by Gasteiger charge is -2.20. The number of fused-ring (bicyclic) bond motifs is 1. The van der Waals surface area contributed by atoms with Gasteiger partial charge in [-0.05, 0) is 42.4 Å². The molecule has 0 saturated carbocycles. The van der Waals surface area contributed by atoms with E-state index in [0.29, 0.717) is 0 Å².